The zero-order chi connectivity index (χ0) is 9.19. The molecule has 2 nitrogen and oxygen atoms in total. The summed E-state index contributed by atoms with van der Waals surface area (Å²) in [4.78, 5) is 0. The lowest BCUT2D eigenvalue weighted by Crippen LogP contribution is -2.04. The van der Waals surface area contributed by atoms with Crippen LogP contribution in [0.3, 0.4) is 0 Å². The van der Waals surface area contributed by atoms with E-state index in [0.29, 0.717) is 11.3 Å². The Labute approximate surface area is 74.3 Å². The standard InChI is InChI=1S/C10H17NO/c1-8-11-7-9(12-8)5-6-10(2,3)4/h7,11H,1,5-6H2,2-4H3. The maximum atomic E-state index is 5.31. The van der Waals surface area contributed by atoms with Crippen molar-refractivity contribution in [3.8, 4) is 0 Å². The molecule has 2 heteroatoms. The number of rotatable bonds is 2. The first-order valence-electron chi connectivity index (χ1n) is 4.30. The molecule has 0 amide bonds. The summed E-state index contributed by atoms with van der Waals surface area (Å²) < 4.78 is 5.31. The first kappa shape index (κ1) is 9.17. The molecule has 0 aromatic carbocycles. The van der Waals surface area contributed by atoms with Gasteiger partial charge in [-0.25, -0.2) is 0 Å². The molecule has 0 fully saturated rings. The highest BCUT2D eigenvalue weighted by molar-refractivity contribution is 5.07. The van der Waals surface area contributed by atoms with Crippen LogP contribution in [0.25, 0.3) is 0 Å². The predicted molar refractivity (Wildman–Crippen MR) is 50.1 cm³/mol. The number of hydrogen-bond donors (Lipinski definition) is 1. The topological polar surface area (TPSA) is 21.3 Å². The van der Waals surface area contributed by atoms with Crippen molar-refractivity contribution in [2.24, 2.45) is 5.41 Å². The summed E-state index contributed by atoms with van der Waals surface area (Å²) in [5.74, 6) is 1.63. The third-order valence-corrected chi connectivity index (χ3v) is 1.77. The maximum Gasteiger partial charge on any atom is 0.189 e. The molecule has 1 N–H and O–H groups in total. The largest absolute Gasteiger partial charge is 0.445 e. The highest BCUT2D eigenvalue weighted by atomic mass is 16.5. The van der Waals surface area contributed by atoms with Crippen molar-refractivity contribution >= 4 is 0 Å². The van der Waals surface area contributed by atoms with E-state index in [1.54, 1.807) is 0 Å². The lowest BCUT2D eigenvalue weighted by atomic mass is 9.90. The van der Waals surface area contributed by atoms with E-state index in [0.717, 1.165) is 18.6 Å². The summed E-state index contributed by atoms with van der Waals surface area (Å²) >= 11 is 0. The number of hydrogen-bond acceptors (Lipinski definition) is 2. The monoisotopic (exact) mass is 167 g/mol. The second kappa shape index (κ2) is 3.21. The summed E-state index contributed by atoms with van der Waals surface area (Å²) in [5, 5.41) is 2.93. The highest BCUT2D eigenvalue weighted by Gasteiger charge is 2.14. The Morgan fingerprint density at radius 3 is 2.58 bits per heavy atom. The van der Waals surface area contributed by atoms with Crippen LogP contribution in [0.5, 0.6) is 0 Å². The summed E-state index contributed by atoms with van der Waals surface area (Å²) in [7, 11) is 0. The minimum Gasteiger partial charge on any atom is -0.445 e. The average Bonchev–Trinajstić information content (AvgIpc) is 2.30. The van der Waals surface area contributed by atoms with Gasteiger partial charge in [0.25, 0.3) is 0 Å². The fraction of sp³-hybridized carbons (Fsp3) is 0.600. The molecule has 0 unspecified atom stereocenters. The van der Waals surface area contributed by atoms with Crippen molar-refractivity contribution in [2.45, 2.75) is 33.6 Å². The molecule has 0 aliphatic carbocycles. The first-order valence-corrected chi connectivity index (χ1v) is 4.30. The quantitative estimate of drug-likeness (QED) is 0.682. The summed E-state index contributed by atoms with van der Waals surface area (Å²) in [6, 6.07) is 0. The summed E-state index contributed by atoms with van der Waals surface area (Å²) in [6.07, 6.45) is 4.00. The molecule has 12 heavy (non-hydrogen) atoms. The van der Waals surface area contributed by atoms with Gasteiger partial charge in [-0.15, -0.1) is 0 Å². The van der Waals surface area contributed by atoms with E-state index in [2.05, 4.69) is 32.7 Å². The molecule has 0 bridgehead atoms. The molecule has 1 heterocycles. The zero-order valence-electron chi connectivity index (χ0n) is 8.11. The fourth-order valence-electron chi connectivity index (χ4n) is 1.000. The van der Waals surface area contributed by atoms with Crippen LogP contribution in [0.4, 0.5) is 0 Å². The van der Waals surface area contributed by atoms with E-state index in [4.69, 9.17) is 4.74 Å². The lowest BCUT2D eigenvalue weighted by Gasteiger charge is -2.17. The Balaban J connectivity index is 2.30. The van der Waals surface area contributed by atoms with Gasteiger partial charge in [0.2, 0.25) is 0 Å². The molecule has 1 aliphatic rings. The van der Waals surface area contributed by atoms with Crippen LogP contribution in [-0.4, -0.2) is 0 Å². The second-order valence-electron chi connectivity index (χ2n) is 4.34. The minimum absolute atomic E-state index is 0.369. The van der Waals surface area contributed by atoms with Crippen LogP contribution in [0.2, 0.25) is 0 Å². The van der Waals surface area contributed by atoms with Crippen LogP contribution >= 0.6 is 0 Å². The summed E-state index contributed by atoms with van der Waals surface area (Å²) in [5.41, 5.74) is 0.369. The van der Waals surface area contributed by atoms with Crippen LogP contribution in [-0.2, 0) is 4.74 Å². The van der Waals surface area contributed by atoms with Gasteiger partial charge < -0.3 is 10.1 Å². The van der Waals surface area contributed by atoms with Crippen molar-refractivity contribution in [3.05, 3.63) is 24.4 Å². The van der Waals surface area contributed by atoms with Crippen molar-refractivity contribution in [2.75, 3.05) is 0 Å². The van der Waals surface area contributed by atoms with E-state index < -0.39 is 0 Å². The molecule has 0 saturated heterocycles. The predicted octanol–water partition coefficient (Wildman–Crippen LogP) is 2.75. The molecule has 0 aromatic heterocycles. The SMILES string of the molecule is C=C1NC=C(CCC(C)(C)C)O1. The number of nitrogens with one attached hydrogen (secondary N) is 1. The molecule has 0 saturated carbocycles. The average molecular weight is 167 g/mol. The minimum atomic E-state index is 0.369. The van der Waals surface area contributed by atoms with Crippen molar-refractivity contribution < 1.29 is 4.74 Å². The Kier molecular flexibility index (Phi) is 2.46. The van der Waals surface area contributed by atoms with Crippen LogP contribution in [0.15, 0.2) is 24.4 Å². The van der Waals surface area contributed by atoms with Crippen molar-refractivity contribution in [1.82, 2.24) is 5.32 Å². The normalized spacial score (nSPS) is 16.9. The molecule has 0 atom stereocenters. The second-order valence-corrected chi connectivity index (χ2v) is 4.34. The number of allylic oxidation sites excluding steroid dienone is 1. The van der Waals surface area contributed by atoms with Gasteiger partial charge in [-0.3, -0.25) is 0 Å². The van der Waals surface area contributed by atoms with E-state index in [1.807, 2.05) is 6.20 Å². The Bertz CT molecular complexity index is 210. The molecule has 1 aliphatic heterocycles. The zero-order valence-corrected chi connectivity index (χ0v) is 8.11. The van der Waals surface area contributed by atoms with Gasteiger partial charge >= 0.3 is 0 Å². The maximum absolute atomic E-state index is 5.31. The van der Waals surface area contributed by atoms with Gasteiger partial charge in [-0.1, -0.05) is 20.8 Å². The van der Waals surface area contributed by atoms with Gasteiger partial charge in [0.1, 0.15) is 5.76 Å². The van der Waals surface area contributed by atoms with E-state index in [9.17, 15) is 0 Å². The molecular formula is C10H17NO. The van der Waals surface area contributed by atoms with Gasteiger partial charge in [0.15, 0.2) is 5.88 Å². The Morgan fingerprint density at radius 2 is 2.17 bits per heavy atom. The molecule has 0 aromatic rings. The molecule has 1 rings (SSSR count). The first-order chi connectivity index (χ1) is 5.47. The van der Waals surface area contributed by atoms with Crippen LogP contribution in [0.1, 0.15) is 33.6 Å². The van der Waals surface area contributed by atoms with Crippen molar-refractivity contribution in [1.29, 1.82) is 0 Å². The third kappa shape index (κ3) is 2.99. The smallest absolute Gasteiger partial charge is 0.189 e. The molecular weight excluding hydrogens is 150 g/mol. The molecule has 0 spiro atoms. The van der Waals surface area contributed by atoms with Crippen LogP contribution in [0, 0.1) is 5.41 Å². The van der Waals surface area contributed by atoms with E-state index >= 15 is 0 Å². The Hall–Kier alpha value is -0.920. The lowest BCUT2D eigenvalue weighted by molar-refractivity contribution is 0.277. The Morgan fingerprint density at radius 1 is 1.50 bits per heavy atom. The third-order valence-electron chi connectivity index (χ3n) is 1.77. The van der Waals surface area contributed by atoms with E-state index in [-0.39, 0.29) is 0 Å². The fourth-order valence-corrected chi connectivity index (χ4v) is 1.000. The molecule has 0 radical (unpaired) electrons. The number of ether oxygens (including phenoxy) is 1. The highest BCUT2D eigenvalue weighted by Crippen LogP contribution is 2.25. The van der Waals surface area contributed by atoms with Gasteiger partial charge in [0, 0.05) is 12.6 Å². The van der Waals surface area contributed by atoms with Gasteiger partial charge in [0.05, 0.1) is 0 Å². The van der Waals surface area contributed by atoms with Crippen molar-refractivity contribution in [3.63, 3.8) is 0 Å². The van der Waals surface area contributed by atoms with Crippen LogP contribution < -0.4 is 5.32 Å². The van der Waals surface area contributed by atoms with E-state index in [1.165, 1.54) is 0 Å². The van der Waals surface area contributed by atoms with Gasteiger partial charge in [-0.2, -0.15) is 0 Å². The van der Waals surface area contributed by atoms with Gasteiger partial charge in [-0.05, 0) is 18.4 Å². The molecule has 68 valence electrons. The summed E-state index contributed by atoms with van der Waals surface area (Å²) in [6.45, 7) is 10.3.